The third-order valence-corrected chi connectivity index (χ3v) is 3.22. The van der Waals surface area contributed by atoms with E-state index in [0.717, 1.165) is 12.5 Å². The zero-order valence-corrected chi connectivity index (χ0v) is 9.03. The van der Waals surface area contributed by atoms with Crippen LogP contribution >= 0.6 is 0 Å². The van der Waals surface area contributed by atoms with Gasteiger partial charge >= 0.3 is 0 Å². The largest absolute Gasteiger partial charge is 0.409 e. The standard InChI is InChI=1S/C10H21N3O/c1-7(10(11)13-14)6-12-8(2)9-4-3-5-9/h7-9,12,14H,3-6H2,1-2H3,(H2,11,13). The molecular weight excluding hydrogens is 178 g/mol. The molecule has 0 aromatic carbocycles. The fourth-order valence-electron chi connectivity index (χ4n) is 1.67. The van der Waals surface area contributed by atoms with Gasteiger partial charge in [0.2, 0.25) is 0 Å². The lowest BCUT2D eigenvalue weighted by atomic mass is 9.80. The molecule has 0 aromatic heterocycles. The molecule has 1 aliphatic rings. The van der Waals surface area contributed by atoms with E-state index in [4.69, 9.17) is 10.9 Å². The summed E-state index contributed by atoms with van der Waals surface area (Å²) in [7, 11) is 0. The van der Waals surface area contributed by atoms with Gasteiger partial charge in [-0.25, -0.2) is 0 Å². The van der Waals surface area contributed by atoms with Crippen LogP contribution in [-0.4, -0.2) is 23.6 Å². The van der Waals surface area contributed by atoms with E-state index >= 15 is 0 Å². The predicted octanol–water partition coefficient (Wildman–Crippen LogP) is 1.15. The molecule has 0 saturated heterocycles. The van der Waals surface area contributed by atoms with Gasteiger partial charge in [-0.1, -0.05) is 18.5 Å². The lowest BCUT2D eigenvalue weighted by Gasteiger charge is -2.32. The van der Waals surface area contributed by atoms with Crippen LogP contribution in [0.4, 0.5) is 0 Å². The summed E-state index contributed by atoms with van der Waals surface area (Å²) in [6, 6.07) is 0.553. The van der Waals surface area contributed by atoms with Gasteiger partial charge in [0, 0.05) is 18.5 Å². The van der Waals surface area contributed by atoms with Crippen molar-refractivity contribution in [3.63, 3.8) is 0 Å². The molecule has 2 unspecified atom stereocenters. The summed E-state index contributed by atoms with van der Waals surface area (Å²) in [6.45, 7) is 4.95. The molecule has 4 N–H and O–H groups in total. The molecule has 0 bridgehead atoms. The molecule has 4 nitrogen and oxygen atoms in total. The Morgan fingerprint density at radius 1 is 1.57 bits per heavy atom. The van der Waals surface area contributed by atoms with Crippen LogP contribution in [0.15, 0.2) is 5.16 Å². The van der Waals surface area contributed by atoms with Crippen LogP contribution in [0.1, 0.15) is 33.1 Å². The van der Waals surface area contributed by atoms with Gasteiger partial charge in [-0.15, -0.1) is 0 Å². The van der Waals surface area contributed by atoms with Crippen molar-refractivity contribution in [3.05, 3.63) is 0 Å². The van der Waals surface area contributed by atoms with E-state index in [9.17, 15) is 0 Å². The monoisotopic (exact) mass is 199 g/mol. The number of amidine groups is 1. The maximum Gasteiger partial charge on any atom is 0.143 e. The predicted molar refractivity (Wildman–Crippen MR) is 57.4 cm³/mol. The van der Waals surface area contributed by atoms with Gasteiger partial charge in [-0.05, 0) is 25.7 Å². The van der Waals surface area contributed by atoms with Crippen molar-refractivity contribution in [2.24, 2.45) is 22.7 Å². The Bertz CT molecular complexity index is 202. The van der Waals surface area contributed by atoms with E-state index in [-0.39, 0.29) is 5.92 Å². The molecule has 82 valence electrons. The van der Waals surface area contributed by atoms with E-state index in [1.807, 2.05) is 6.92 Å². The molecule has 1 rings (SSSR count). The molecule has 14 heavy (non-hydrogen) atoms. The van der Waals surface area contributed by atoms with E-state index in [2.05, 4.69) is 17.4 Å². The van der Waals surface area contributed by atoms with Crippen molar-refractivity contribution in [1.29, 1.82) is 0 Å². The molecule has 1 saturated carbocycles. The number of nitrogens with one attached hydrogen (secondary N) is 1. The number of oxime groups is 1. The van der Waals surface area contributed by atoms with Crippen molar-refractivity contribution in [1.82, 2.24) is 5.32 Å². The topological polar surface area (TPSA) is 70.6 Å². The maximum atomic E-state index is 8.47. The number of nitrogens with two attached hydrogens (primary N) is 1. The van der Waals surface area contributed by atoms with Gasteiger partial charge < -0.3 is 16.3 Å². The minimum atomic E-state index is 0.0996. The van der Waals surface area contributed by atoms with Crippen molar-refractivity contribution < 1.29 is 5.21 Å². The Balaban J connectivity index is 2.18. The number of rotatable bonds is 5. The lowest BCUT2D eigenvalue weighted by molar-refractivity contribution is 0.238. The van der Waals surface area contributed by atoms with E-state index < -0.39 is 0 Å². The summed E-state index contributed by atoms with van der Waals surface area (Å²) in [5, 5.41) is 14.9. The summed E-state index contributed by atoms with van der Waals surface area (Å²) in [4.78, 5) is 0. The second-order valence-electron chi connectivity index (χ2n) is 4.31. The van der Waals surface area contributed by atoms with Crippen LogP contribution in [0.3, 0.4) is 0 Å². The molecule has 0 aromatic rings. The van der Waals surface area contributed by atoms with E-state index in [1.54, 1.807) is 0 Å². The molecule has 0 aliphatic heterocycles. The minimum Gasteiger partial charge on any atom is -0.409 e. The normalized spacial score (nSPS) is 22.9. The quantitative estimate of drug-likeness (QED) is 0.269. The SMILES string of the molecule is CC(CNC(C)C1CCC1)C(N)=NO. The first kappa shape index (κ1) is 11.3. The minimum absolute atomic E-state index is 0.0996. The molecule has 0 radical (unpaired) electrons. The molecule has 0 heterocycles. The van der Waals surface area contributed by atoms with Gasteiger partial charge in [0.1, 0.15) is 5.84 Å². The maximum absolute atomic E-state index is 8.47. The van der Waals surface area contributed by atoms with Crippen LogP contribution in [0, 0.1) is 11.8 Å². The highest BCUT2D eigenvalue weighted by molar-refractivity contribution is 5.82. The summed E-state index contributed by atoms with van der Waals surface area (Å²) < 4.78 is 0. The highest BCUT2D eigenvalue weighted by Gasteiger charge is 2.23. The molecule has 1 aliphatic carbocycles. The van der Waals surface area contributed by atoms with Gasteiger partial charge in [0.25, 0.3) is 0 Å². The second kappa shape index (κ2) is 5.20. The highest BCUT2D eigenvalue weighted by atomic mass is 16.4. The number of nitrogens with zero attached hydrogens (tertiary/aromatic N) is 1. The van der Waals surface area contributed by atoms with Gasteiger partial charge in [0.15, 0.2) is 0 Å². The van der Waals surface area contributed by atoms with E-state index in [0.29, 0.717) is 11.9 Å². The summed E-state index contributed by atoms with van der Waals surface area (Å²) in [6.07, 6.45) is 4.05. The first-order chi connectivity index (χ1) is 6.65. The average molecular weight is 199 g/mol. The fourth-order valence-corrected chi connectivity index (χ4v) is 1.67. The van der Waals surface area contributed by atoms with Crippen LogP contribution in [0.5, 0.6) is 0 Å². The molecule has 2 atom stereocenters. The summed E-state index contributed by atoms with van der Waals surface area (Å²) >= 11 is 0. The Kier molecular flexibility index (Phi) is 4.20. The highest BCUT2D eigenvalue weighted by Crippen LogP contribution is 2.29. The van der Waals surface area contributed by atoms with Crippen molar-refractivity contribution in [2.45, 2.75) is 39.2 Å². The molecule has 0 amide bonds. The Hall–Kier alpha value is -0.770. The molecule has 0 spiro atoms. The van der Waals surface area contributed by atoms with Gasteiger partial charge in [0.05, 0.1) is 0 Å². The third kappa shape index (κ3) is 2.87. The number of hydrogen-bond donors (Lipinski definition) is 3. The molecule has 1 fully saturated rings. The average Bonchev–Trinajstić information content (AvgIpc) is 2.10. The Morgan fingerprint density at radius 2 is 2.21 bits per heavy atom. The zero-order valence-electron chi connectivity index (χ0n) is 9.03. The van der Waals surface area contributed by atoms with Crippen LogP contribution < -0.4 is 11.1 Å². The fraction of sp³-hybridized carbons (Fsp3) is 0.900. The second-order valence-corrected chi connectivity index (χ2v) is 4.31. The smallest absolute Gasteiger partial charge is 0.143 e. The molecule has 4 heteroatoms. The lowest BCUT2D eigenvalue weighted by Crippen LogP contribution is -2.41. The first-order valence-corrected chi connectivity index (χ1v) is 5.36. The third-order valence-electron chi connectivity index (χ3n) is 3.22. The molecular formula is C10H21N3O. The van der Waals surface area contributed by atoms with Crippen molar-refractivity contribution in [2.75, 3.05) is 6.54 Å². The number of hydrogen-bond acceptors (Lipinski definition) is 3. The van der Waals surface area contributed by atoms with Crippen LogP contribution in [-0.2, 0) is 0 Å². The Morgan fingerprint density at radius 3 is 2.64 bits per heavy atom. The van der Waals surface area contributed by atoms with Crippen molar-refractivity contribution >= 4 is 5.84 Å². The first-order valence-electron chi connectivity index (χ1n) is 5.36. The van der Waals surface area contributed by atoms with E-state index in [1.165, 1.54) is 19.3 Å². The Labute approximate surface area is 85.6 Å². The zero-order chi connectivity index (χ0) is 10.6. The van der Waals surface area contributed by atoms with Gasteiger partial charge in [-0.2, -0.15) is 0 Å². The van der Waals surface area contributed by atoms with Gasteiger partial charge in [-0.3, -0.25) is 0 Å². The van der Waals surface area contributed by atoms with Crippen LogP contribution in [0.2, 0.25) is 0 Å². The van der Waals surface area contributed by atoms with Crippen molar-refractivity contribution in [3.8, 4) is 0 Å². The summed E-state index contributed by atoms with van der Waals surface area (Å²) in [5.74, 6) is 1.23. The van der Waals surface area contributed by atoms with Crippen LogP contribution in [0.25, 0.3) is 0 Å². The summed E-state index contributed by atoms with van der Waals surface area (Å²) in [5.41, 5.74) is 5.49.